The molecule has 1 heterocycles. The second kappa shape index (κ2) is 8.11. The van der Waals surface area contributed by atoms with E-state index in [4.69, 9.17) is 10.8 Å². The first-order valence-corrected chi connectivity index (χ1v) is 6.48. The Morgan fingerprint density at radius 2 is 2.00 bits per heavy atom. The van der Waals surface area contributed by atoms with Crippen LogP contribution >= 0.6 is 0 Å². The summed E-state index contributed by atoms with van der Waals surface area (Å²) < 4.78 is 0. The summed E-state index contributed by atoms with van der Waals surface area (Å²) in [5, 5.41) is 11.6. The average molecular weight is 257 g/mol. The summed E-state index contributed by atoms with van der Waals surface area (Å²) in [5.41, 5.74) is 5.01. The molecule has 0 radical (unpaired) electrons. The number of nitrogens with zero attached hydrogens (tertiary/aromatic N) is 1. The van der Waals surface area contributed by atoms with Gasteiger partial charge in [-0.2, -0.15) is 0 Å². The molecule has 4 N–H and O–H groups in total. The lowest BCUT2D eigenvalue weighted by molar-refractivity contribution is -0.141. The van der Waals surface area contributed by atoms with Gasteiger partial charge in [-0.1, -0.05) is 19.9 Å². The van der Waals surface area contributed by atoms with E-state index in [1.54, 1.807) is 12.3 Å². The van der Waals surface area contributed by atoms with Crippen molar-refractivity contribution in [3.63, 3.8) is 0 Å². The third-order valence-corrected chi connectivity index (χ3v) is 3.13. The van der Waals surface area contributed by atoms with E-state index in [0.717, 1.165) is 26.2 Å². The van der Waals surface area contributed by atoms with Crippen LogP contribution in [-0.2, 0) is 4.79 Å². The number of carbonyl (C=O) groups is 1. The fourth-order valence-electron chi connectivity index (χ4n) is 1.80. The average Bonchev–Trinajstić information content (AvgIpc) is 2.66. The van der Waals surface area contributed by atoms with Gasteiger partial charge in [0.15, 0.2) is 0 Å². The molecule has 0 aromatic heterocycles. The molecule has 5 heteroatoms. The summed E-state index contributed by atoms with van der Waals surface area (Å²) in [6, 6.07) is 0. The summed E-state index contributed by atoms with van der Waals surface area (Å²) in [4.78, 5) is 12.8. The van der Waals surface area contributed by atoms with Crippen LogP contribution in [0, 0.1) is 5.92 Å². The topological polar surface area (TPSA) is 78.6 Å². The monoisotopic (exact) mass is 257 g/mol. The van der Waals surface area contributed by atoms with Crippen molar-refractivity contribution >= 4 is 5.97 Å². The highest BCUT2D eigenvalue weighted by molar-refractivity contribution is 5.74. The van der Waals surface area contributed by atoms with Gasteiger partial charge in [0.1, 0.15) is 0 Å². The number of nitrogens with one attached hydrogen (secondary N) is 1. The van der Waals surface area contributed by atoms with Gasteiger partial charge < -0.3 is 21.1 Å². The molecule has 106 valence electrons. The zero-order valence-corrected chi connectivity index (χ0v) is 11.9. The number of hydrogen-bond acceptors (Lipinski definition) is 4. The summed E-state index contributed by atoms with van der Waals surface area (Å²) in [6.45, 7) is 12.1. The summed E-state index contributed by atoms with van der Waals surface area (Å²) in [6.07, 6.45) is 3.36. The third kappa shape index (κ3) is 5.51. The summed E-state index contributed by atoms with van der Waals surface area (Å²) >= 11 is 0. The fraction of sp³-hybridized carbons (Fsp3) is 0.769. The van der Waals surface area contributed by atoms with Gasteiger partial charge in [-0.25, -0.2) is 0 Å². The van der Waals surface area contributed by atoms with Crippen molar-refractivity contribution in [3.8, 4) is 0 Å². The highest BCUT2D eigenvalue weighted by atomic mass is 16.4. The molecule has 1 atom stereocenters. The van der Waals surface area contributed by atoms with E-state index in [-0.39, 0.29) is 5.54 Å². The van der Waals surface area contributed by atoms with Crippen LogP contribution < -0.4 is 11.1 Å². The Morgan fingerprint density at radius 3 is 2.17 bits per heavy atom. The first-order valence-electron chi connectivity index (χ1n) is 6.48. The Kier molecular flexibility index (Phi) is 7.62. The molecule has 0 saturated carbocycles. The van der Waals surface area contributed by atoms with Crippen molar-refractivity contribution in [2.75, 3.05) is 26.2 Å². The molecule has 1 unspecified atom stereocenters. The Balaban J connectivity index is 0.000000331. The quantitative estimate of drug-likeness (QED) is 0.681. The third-order valence-electron chi connectivity index (χ3n) is 3.13. The molecule has 1 aliphatic rings. The number of carboxylic acid groups (broad SMARTS) is 1. The Morgan fingerprint density at radius 1 is 1.44 bits per heavy atom. The molecule has 0 fully saturated rings. The lowest BCUT2D eigenvalue weighted by atomic mass is 9.90. The van der Waals surface area contributed by atoms with Gasteiger partial charge in [-0.3, -0.25) is 4.79 Å². The first kappa shape index (κ1) is 16.9. The van der Waals surface area contributed by atoms with Crippen LogP contribution in [-0.4, -0.2) is 47.7 Å². The van der Waals surface area contributed by atoms with Crippen molar-refractivity contribution in [3.05, 3.63) is 12.3 Å². The Bertz CT molecular complexity index is 273. The smallest absolute Gasteiger partial charge is 0.312 e. The second-order valence-corrected chi connectivity index (χ2v) is 4.86. The minimum atomic E-state index is -0.772. The summed E-state index contributed by atoms with van der Waals surface area (Å²) in [5.74, 6) is -1.17. The Labute approximate surface area is 110 Å². The van der Waals surface area contributed by atoms with Crippen LogP contribution in [0.25, 0.3) is 0 Å². The van der Waals surface area contributed by atoms with Gasteiger partial charge in [0.25, 0.3) is 0 Å². The maximum Gasteiger partial charge on any atom is 0.312 e. The molecule has 0 bridgehead atoms. The maximum absolute atomic E-state index is 10.5. The number of aliphatic carboxylic acids is 1. The molecule has 0 amide bonds. The Hall–Kier alpha value is -1.07. The van der Waals surface area contributed by atoms with E-state index < -0.39 is 11.9 Å². The fourth-order valence-corrected chi connectivity index (χ4v) is 1.80. The van der Waals surface area contributed by atoms with Crippen LogP contribution in [0.3, 0.4) is 0 Å². The number of nitrogens with two attached hydrogens (primary N) is 1. The molecule has 18 heavy (non-hydrogen) atoms. The second-order valence-electron chi connectivity index (χ2n) is 4.86. The van der Waals surface area contributed by atoms with E-state index >= 15 is 0 Å². The maximum atomic E-state index is 10.5. The molecule has 0 aliphatic carbocycles. The van der Waals surface area contributed by atoms with Gasteiger partial charge in [-0.05, 0) is 33.1 Å². The van der Waals surface area contributed by atoms with Crippen molar-refractivity contribution in [1.29, 1.82) is 0 Å². The van der Waals surface area contributed by atoms with E-state index in [9.17, 15) is 4.79 Å². The minimum absolute atomic E-state index is 0.328. The summed E-state index contributed by atoms with van der Waals surface area (Å²) in [7, 11) is 0. The predicted octanol–water partition coefficient (Wildman–Crippen LogP) is 0.870. The highest BCUT2D eigenvalue weighted by Crippen LogP contribution is 2.22. The number of likely N-dealkylation sites (N-methyl/N-ethyl adjacent to an activating group) is 1. The normalized spacial score (nSPS) is 20.2. The largest absolute Gasteiger partial charge is 0.481 e. The van der Waals surface area contributed by atoms with Crippen molar-refractivity contribution < 1.29 is 9.90 Å². The molecule has 1 rings (SSSR count). The molecule has 5 nitrogen and oxygen atoms in total. The molecular weight excluding hydrogens is 230 g/mol. The van der Waals surface area contributed by atoms with Crippen molar-refractivity contribution in [2.45, 2.75) is 33.2 Å². The van der Waals surface area contributed by atoms with Crippen molar-refractivity contribution in [2.24, 2.45) is 11.7 Å². The number of hydrogen-bond donors (Lipinski definition) is 3. The number of rotatable bonds is 5. The molecule has 0 aromatic carbocycles. The zero-order valence-electron chi connectivity index (χ0n) is 11.9. The molecule has 1 aliphatic heterocycles. The van der Waals surface area contributed by atoms with E-state index in [2.05, 4.69) is 24.1 Å². The van der Waals surface area contributed by atoms with Gasteiger partial charge in [-0.15, -0.1) is 0 Å². The van der Waals surface area contributed by atoms with Crippen LogP contribution in [0.1, 0.15) is 27.7 Å². The van der Waals surface area contributed by atoms with Gasteiger partial charge >= 0.3 is 5.97 Å². The van der Waals surface area contributed by atoms with Crippen LogP contribution in [0.4, 0.5) is 0 Å². The standard InChI is InChI=1S/C7H11NO2.C6H16N2/c1-7(2)5(6(9)10)3-4-8-7;1-3-8(4-2)6-5-7/h3-5,8H,1-2H3,(H,9,10);3-7H2,1-2H3. The highest BCUT2D eigenvalue weighted by Gasteiger charge is 2.35. The minimum Gasteiger partial charge on any atom is -0.481 e. The van der Waals surface area contributed by atoms with Gasteiger partial charge in [0, 0.05) is 18.6 Å². The van der Waals surface area contributed by atoms with E-state index in [1.807, 2.05) is 13.8 Å². The van der Waals surface area contributed by atoms with Gasteiger partial charge in [0.05, 0.1) is 5.92 Å². The van der Waals surface area contributed by atoms with Gasteiger partial charge in [0.2, 0.25) is 0 Å². The molecule has 0 spiro atoms. The molecule has 0 saturated heterocycles. The van der Waals surface area contributed by atoms with Crippen LogP contribution in [0.2, 0.25) is 0 Å². The van der Waals surface area contributed by atoms with E-state index in [0.29, 0.717) is 0 Å². The molecule has 0 aromatic rings. The SMILES string of the molecule is CC1(C)NC=CC1C(=O)O.CCN(CC)CCN. The lowest BCUT2D eigenvalue weighted by Crippen LogP contribution is -2.41. The van der Waals surface area contributed by atoms with Crippen LogP contribution in [0.5, 0.6) is 0 Å². The first-order chi connectivity index (χ1) is 8.38. The predicted molar refractivity (Wildman–Crippen MR) is 74.3 cm³/mol. The van der Waals surface area contributed by atoms with Crippen LogP contribution in [0.15, 0.2) is 12.3 Å². The zero-order chi connectivity index (χ0) is 14.2. The van der Waals surface area contributed by atoms with Crippen molar-refractivity contribution in [1.82, 2.24) is 10.2 Å². The van der Waals surface area contributed by atoms with E-state index in [1.165, 1.54) is 0 Å². The molecular formula is C13H27N3O2. The lowest BCUT2D eigenvalue weighted by Gasteiger charge is -2.23. The number of carboxylic acids is 1.